The number of benzene rings is 1. The van der Waals surface area contributed by atoms with Gasteiger partial charge in [-0.3, -0.25) is 4.79 Å². The van der Waals surface area contributed by atoms with Gasteiger partial charge in [0.25, 0.3) is 5.91 Å². The largest absolute Gasteiger partial charge is 0.467 e. The Labute approximate surface area is 114 Å². The SMILES string of the molecule is COC(=O)C(C)(C)NC(=O)c1ccccc1I. The van der Waals surface area contributed by atoms with Crippen molar-refractivity contribution in [2.75, 3.05) is 7.11 Å². The van der Waals surface area contributed by atoms with Gasteiger partial charge in [-0.25, -0.2) is 4.79 Å². The molecule has 4 nitrogen and oxygen atoms in total. The first-order valence-corrected chi connectivity index (χ1v) is 6.12. The topological polar surface area (TPSA) is 55.4 Å². The predicted octanol–water partition coefficient (Wildman–Crippen LogP) is 1.97. The molecule has 1 N–H and O–H groups in total. The highest BCUT2D eigenvalue weighted by atomic mass is 127. The molecule has 0 unspecified atom stereocenters. The highest BCUT2D eigenvalue weighted by Crippen LogP contribution is 2.13. The predicted molar refractivity (Wildman–Crippen MR) is 72.7 cm³/mol. The molecular weight excluding hydrogens is 333 g/mol. The number of ether oxygens (including phenoxy) is 1. The monoisotopic (exact) mass is 347 g/mol. The zero-order valence-electron chi connectivity index (χ0n) is 9.91. The van der Waals surface area contributed by atoms with Gasteiger partial charge in [0.2, 0.25) is 0 Å². The molecule has 0 spiro atoms. The molecule has 0 bridgehead atoms. The smallest absolute Gasteiger partial charge is 0.330 e. The third-order valence-corrected chi connectivity index (χ3v) is 3.18. The highest BCUT2D eigenvalue weighted by molar-refractivity contribution is 14.1. The van der Waals surface area contributed by atoms with Crippen LogP contribution < -0.4 is 5.32 Å². The summed E-state index contributed by atoms with van der Waals surface area (Å²) in [4.78, 5) is 23.4. The third kappa shape index (κ3) is 3.42. The van der Waals surface area contributed by atoms with Crippen molar-refractivity contribution < 1.29 is 14.3 Å². The lowest BCUT2D eigenvalue weighted by Gasteiger charge is -2.23. The van der Waals surface area contributed by atoms with E-state index < -0.39 is 11.5 Å². The summed E-state index contributed by atoms with van der Waals surface area (Å²) in [6.45, 7) is 3.21. The van der Waals surface area contributed by atoms with E-state index in [1.165, 1.54) is 7.11 Å². The number of esters is 1. The van der Waals surface area contributed by atoms with Crippen LogP contribution in [-0.2, 0) is 9.53 Å². The van der Waals surface area contributed by atoms with Gasteiger partial charge in [0, 0.05) is 3.57 Å². The first kappa shape index (κ1) is 14.0. The molecule has 92 valence electrons. The van der Waals surface area contributed by atoms with Crippen LogP contribution in [0.3, 0.4) is 0 Å². The van der Waals surface area contributed by atoms with Gasteiger partial charge >= 0.3 is 5.97 Å². The Bertz CT molecular complexity index is 443. The second-order valence-corrected chi connectivity index (χ2v) is 5.21. The molecule has 0 saturated carbocycles. The Hall–Kier alpha value is -1.11. The van der Waals surface area contributed by atoms with Crippen molar-refractivity contribution in [3.05, 3.63) is 33.4 Å². The molecule has 1 amide bonds. The zero-order valence-corrected chi connectivity index (χ0v) is 12.1. The molecular formula is C12H14INO3. The molecule has 0 aliphatic carbocycles. The van der Waals surface area contributed by atoms with Crippen LogP contribution in [0.25, 0.3) is 0 Å². The van der Waals surface area contributed by atoms with Crippen LogP contribution in [0.2, 0.25) is 0 Å². The number of hydrogen-bond donors (Lipinski definition) is 1. The van der Waals surface area contributed by atoms with E-state index in [2.05, 4.69) is 32.6 Å². The lowest BCUT2D eigenvalue weighted by atomic mass is 10.1. The normalized spacial score (nSPS) is 10.8. The number of nitrogens with one attached hydrogen (secondary N) is 1. The number of methoxy groups -OCH3 is 1. The Morgan fingerprint density at radius 2 is 1.88 bits per heavy atom. The molecule has 0 saturated heterocycles. The average Bonchev–Trinajstić information content (AvgIpc) is 2.27. The van der Waals surface area contributed by atoms with Crippen LogP contribution in [0.4, 0.5) is 0 Å². The standard InChI is InChI=1S/C12H14INO3/c1-12(2,11(16)17-3)14-10(15)8-6-4-5-7-9(8)13/h4-7H,1-3H3,(H,14,15). The molecule has 17 heavy (non-hydrogen) atoms. The summed E-state index contributed by atoms with van der Waals surface area (Å²) in [6.07, 6.45) is 0. The molecule has 0 radical (unpaired) electrons. The van der Waals surface area contributed by atoms with Gasteiger partial charge in [-0.1, -0.05) is 12.1 Å². The second-order valence-electron chi connectivity index (χ2n) is 4.05. The molecule has 0 aliphatic rings. The molecule has 1 aromatic carbocycles. The Balaban J connectivity index is 2.87. The van der Waals surface area contributed by atoms with Crippen molar-refractivity contribution in [1.82, 2.24) is 5.32 Å². The van der Waals surface area contributed by atoms with E-state index in [-0.39, 0.29) is 5.91 Å². The van der Waals surface area contributed by atoms with E-state index in [0.29, 0.717) is 5.56 Å². The minimum absolute atomic E-state index is 0.287. The summed E-state index contributed by atoms with van der Waals surface area (Å²) in [5, 5.41) is 2.65. The van der Waals surface area contributed by atoms with Gasteiger partial charge in [-0.2, -0.15) is 0 Å². The number of carbonyl (C=O) groups excluding carboxylic acids is 2. The van der Waals surface area contributed by atoms with Gasteiger partial charge in [-0.05, 0) is 48.6 Å². The van der Waals surface area contributed by atoms with Crippen molar-refractivity contribution in [2.24, 2.45) is 0 Å². The van der Waals surface area contributed by atoms with Crippen LogP contribution >= 0.6 is 22.6 Å². The van der Waals surface area contributed by atoms with Gasteiger partial charge in [0.05, 0.1) is 12.7 Å². The van der Waals surface area contributed by atoms with Gasteiger partial charge in [0.15, 0.2) is 0 Å². The van der Waals surface area contributed by atoms with Crippen LogP contribution in [0.15, 0.2) is 24.3 Å². The fourth-order valence-corrected chi connectivity index (χ4v) is 1.94. The highest BCUT2D eigenvalue weighted by Gasteiger charge is 2.31. The number of halogens is 1. The number of amides is 1. The fourth-order valence-electron chi connectivity index (χ4n) is 1.30. The molecule has 0 atom stereocenters. The van der Waals surface area contributed by atoms with Crippen molar-refractivity contribution in [3.63, 3.8) is 0 Å². The van der Waals surface area contributed by atoms with E-state index in [1.807, 2.05) is 12.1 Å². The number of carbonyl (C=O) groups is 2. The van der Waals surface area contributed by atoms with Crippen LogP contribution in [0.5, 0.6) is 0 Å². The quantitative estimate of drug-likeness (QED) is 0.672. The number of hydrogen-bond acceptors (Lipinski definition) is 3. The molecule has 0 aromatic heterocycles. The van der Waals surface area contributed by atoms with Crippen LogP contribution in [-0.4, -0.2) is 24.5 Å². The molecule has 0 fully saturated rings. The summed E-state index contributed by atoms with van der Waals surface area (Å²) in [6, 6.07) is 7.18. The summed E-state index contributed by atoms with van der Waals surface area (Å²) >= 11 is 2.08. The summed E-state index contributed by atoms with van der Waals surface area (Å²) in [5.41, 5.74) is -0.491. The Kier molecular flexibility index (Phi) is 4.50. The molecule has 0 heterocycles. The Morgan fingerprint density at radius 1 is 1.29 bits per heavy atom. The van der Waals surface area contributed by atoms with Gasteiger partial charge in [-0.15, -0.1) is 0 Å². The number of rotatable bonds is 3. The second kappa shape index (κ2) is 5.48. The maximum absolute atomic E-state index is 12.0. The van der Waals surface area contributed by atoms with Crippen LogP contribution in [0.1, 0.15) is 24.2 Å². The summed E-state index contributed by atoms with van der Waals surface area (Å²) in [5.74, 6) is -0.762. The van der Waals surface area contributed by atoms with E-state index in [9.17, 15) is 9.59 Å². The molecule has 5 heteroatoms. The van der Waals surface area contributed by atoms with Crippen molar-refractivity contribution in [2.45, 2.75) is 19.4 Å². The fraction of sp³-hybridized carbons (Fsp3) is 0.333. The zero-order chi connectivity index (χ0) is 13.1. The van der Waals surface area contributed by atoms with Gasteiger partial charge < -0.3 is 10.1 Å². The Morgan fingerprint density at radius 3 is 2.41 bits per heavy atom. The van der Waals surface area contributed by atoms with E-state index in [0.717, 1.165) is 3.57 Å². The van der Waals surface area contributed by atoms with Crippen molar-refractivity contribution in [1.29, 1.82) is 0 Å². The van der Waals surface area contributed by atoms with Gasteiger partial charge in [0.1, 0.15) is 5.54 Å². The summed E-state index contributed by atoms with van der Waals surface area (Å²) < 4.78 is 5.46. The third-order valence-electron chi connectivity index (χ3n) is 2.24. The van der Waals surface area contributed by atoms with Crippen molar-refractivity contribution >= 4 is 34.5 Å². The molecule has 0 aliphatic heterocycles. The van der Waals surface area contributed by atoms with Crippen molar-refractivity contribution in [3.8, 4) is 0 Å². The maximum atomic E-state index is 12.0. The average molecular weight is 347 g/mol. The van der Waals surface area contributed by atoms with Crippen LogP contribution in [0, 0.1) is 3.57 Å². The maximum Gasteiger partial charge on any atom is 0.330 e. The first-order chi connectivity index (χ1) is 7.88. The molecule has 1 rings (SSSR count). The van der Waals surface area contributed by atoms with E-state index >= 15 is 0 Å². The minimum Gasteiger partial charge on any atom is -0.467 e. The summed E-state index contributed by atoms with van der Waals surface area (Å²) in [7, 11) is 1.29. The van der Waals surface area contributed by atoms with E-state index in [4.69, 9.17) is 0 Å². The minimum atomic E-state index is -1.04. The van der Waals surface area contributed by atoms with E-state index in [1.54, 1.807) is 26.0 Å². The first-order valence-electron chi connectivity index (χ1n) is 5.04. The lowest BCUT2D eigenvalue weighted by molar-refractivity contribution is -0.146. The lowest BCUT2D eigenvalue weighted by Crippen LogP contribution is -2.50. The molecule has 1 aromatic rings.